The van der Waals surface area contributed by atoms with Crippen LogP contribution < -0.4 is 26.6 Å². The van der Waals surface area contributed by atoms with Gasteiger partial charge in [0.2, 0.25) is 65.0 Å². The highest BCUT2D eigenvalue weighted by Crippen LogP contribution is 2.28. The van der Waals surface area contributed by atoms with Crippen LogP contribution in [0, 0.1) is 35.5 Å². The molecule has 0 unspecified atom stereocenters. The molecule has 2 fully saturated rings. The number of aliphatic hydroxyl groups is 1. The lowest BCUT2D eigenvalue weighted by atomic mass is 9.91. The Kier molecular flexibility index (Phi) is 36.4. The third kappa shape index (κ3) is 26.0. The van der Waals surface area contributed by atoms with Gasteiger partial charge in [0.1, 0.15) is 66.5 Å². The van der Waals surface area contributed by atoms with Gasteiger partial charge >= 0.3 is 0 Å². The van der Waals surface area contributed by atoms with E-state index in [1.54, 1.807) is 48.5 Å². The predicted octanol–water partition coefficient (Wildman–Crippen LogP) is 3.06. The van der Waals surface area contributed by atoms with Crippen LogP contribution in [-0.2, 0) is 66.6 Å². The molecule has 0 aromatic heterocycles. The van der Waals surface area contributed by atoms with E-state index in [4.69, 9.17) is 13.9 Å². The van der Waals surface area contributed by atoms with Gasteiger partial charge in [-0.3, -0.25) is 57.6 Å². The molecule has 2 rings (SSSR count). The summed E-state index contributed by atoms with van der Waals surface area (Å²) < 4.78 is 18.7. The lowest BCUT2D eigenvalue weighted by Crippen LogP contribution is -2.65. The summed E-state index contributed by atoms with van der Waals surface area (Å²) in [5.74, 6) is -9.90. The van der Waals surface area contributed by atoms with E-state index in [1.807, 2.05) is 61.2 Å². The summed E-state index contributed by atoms with van der Waals surface area (Å²) in [5.41, 5.74) is 0. The summed E-state index contributed by atoms with van der Waals surface area (Å²) in [4.78, 5) is 174. The SMILES string of the molecule is CC[C@@H]1NC(=O)[C@H]([C@H](O[Si](C)(C)C)[C@H](C)CCO)N(C)C(=O)[C@H](C(C)C)N(C)C(=O)[C@H](CC(C)C)N(C)C(=O)[C@H](CC(C)C)NC(=O)[C@@H](C)NC(=O)[C@H](C)NC(=O)[C@H](CC(C)C)N(C)C(=O)[C@H](C(C)C)NC(=O)[C@H]([C@@H](C)OCCCCN2CCOCC2)N(C)C(=O)[C@@H](C)N(C)C1=O. The maximum atomic E-state index is 15.6. The number of nitrogens with one attached hydrogen (secondary N) is 5. The molecule has 0 aliphatic carbocycles. The highest BCUT2D eigenvalue weighted by molar-refractivity contribution is 6.69. The van der Waals surface area contributed by atoms with E-state index in [0.717, 1.165) is 26.1 Å². The van der Waals surface area contributed by atoms with E-state index in [-0.39, 0.29) is 63.1 Å². The number of aliphatic hydroxyl groups excluding tert-OH is 1. The molecule has 97 heavy (non-hydrogen) atoms. The number of hydrogen-bond acceptors (Lipinski definition) is 16. The molecule has 0 aromatic rings. The van der Waals surface area contributed by atoms with Crippen molar-refractivity contribution < 1.29 is 71.7 Å². The molecule has 0 radical (unpaired) electrons. The van der Waals surface area contributed by atoms with Crippen LogP contribution in [0.3, 0.4) is 0 Å². The zero-order valence-corrected chi connectivity index (χ0v) is 64.7. The minimum absolute atomic E-state index is 0.00603. The Morgan fingerprint density at radius 3 is 1.48 bits per heavy atom. The number of nitrogens with zero attached hydrogens (tertiary/aromatic N) is 7. The molecular formula is C69H128N12O15Si. The van der Waals surface area contributed by atoms with Gasteiger partial charge in [-0.05, 0) is 134 Å². The molecule has 0 aromatic carbocycles. The van der Waals surface area contributed by atoms with Crippen molar-refractivity contribution in [3.63, 3.8) is 0 Å². The number of carbonyl (C=O) groups is 11. The molecule has 2 aliphatic rings. The number of likely N-dealkylation sites (N-methyl/N-ethyl adjacent to an activating group) is 6. The Hall–Kier alpha value is -5.81. The van der Waals surface area contributed by atoms with E-state index in [2.05, 4.69) is 31.5 Å². The number of hydrogen-bond donors (Lipinski definition) is 6. The van der Waals surface area contributed by atoms with Crippen LogP contribution >= 0.6 is 0 Å². The van der Waals surface area contributed by atoms with Crippen LogP contribution in [-0.4, -0.2) is 280 Å². The topological polar surface area (TPSA) is 319 Å². The molecule has 28 heteroatoms. The number of amides is 11. The summed E-state index contributed by atoms with van der Waals surface area (Å²) in [5, 5.41) is 24.3. The Balaban J connectivity index is 3.05. The molecule has 0 saturated carbocycles. The highest BCUT2D eigenvalue weighted by Gasteiger charge is 2.47. The zero-order valence-electron chi connectivity index (χ0n) is 63.7. The number of ether oxygens (including phenoxy) is 2. The smallest absolute Gasteiger partial charge is 0.246 e. The molecule has 2 saturated heterocycles. The van der Waals surface area contributed by atoms with E-state index in [0.29, 0.717) is 19.6 Å². The first-order chi connectivity index (χ1) is 45.0. The van der Waals surface area contributed by atoms with Gasteiger partial charge in [-0.25, -0.2) is 0 Å². The molecule has 558 valence electrons. The van der Waals surface area contributed by atoms with E-state index < -0.39 is 170 Å². The standard InChI is InChI=1S/C69H128N12O15Si/c1-26-50-65(89)75(17)48(15)64(88)79(21)56(49(16)95-34-28-27-30-81-31-35-94-36-32-81)62(86)74-54(43(8)9)68(92)76(18)52(38-41(4)5)61(85)71-46(13)59(83)70-47(14)60(84)73-51(37-40(2)3)66(90)77(19)53(39-42(6)7)67(91)78(20)55(44(10)11)69(93)80(22)57(63(87)72-50)58(45(12)29-33-82)96-97(23,24)25/h40-58,82H,26-39H2,1-25H3,(H,70,83)(H,71,85)(H,72,87)(H,73,84)(H,74,86)/t45-,46+,47-,48-,49-,50+,51+,52+,53+,54+,55+,56+,57+,58-/m1/s1. The van der Waals surface area contributed by atoms with Crippen molar-refractivity contribution in [2.75, 3.05) is 88.3 Å². The van der Waals surface area contributed by atoms with Crippen LogP contribution in [0.2, 0.25) is 19.6 Å². The maximum absolute atomic E-state index is 15.6. The molecule has 0 bridgehead atoms. The average Bonchev–Trinajstić information content (AvgIpc) is 0.802. The van der Waals surface area contributed by atoms with Gasteiger partial charge in [-0.1, -0.05) is 83.1 Å². The third-order valence-corrected chi connectivity index (χ3v) is 19.4. The van der Waals surface area contributed by atoms with Crippen molar-refractivity contribution in [2.45, 2.75) is 254 Å². The first-order valence-corrected chi connectivity index (χ1v) is 38.7. The fourth-order valence-electron chi connectivity index (χ4n) is 12.4. The zero-order chi connectivity index (χ0) is 74.4. The molecule has 6 N–H and O–H groups in total. The Morgan fingerprint density at radius 2 is 0.979 bits per heavy atom. The van der Waals surface area contributed by atoms with Crippen molar-refractivity contribution in [3.8, 4) is 0 Å². The number of rotatable bonds is 22. The summed E-state index contributed by atoms with van der Waals surface area (Å²) in [6.45, 7) is 36.9. The molecule has 0 spiro atoms. The highest BCUT2D eigenvalue weighted by atomic mass is 28.4. The van der Waals surface area contributed by atoms with Crippen molar-refractivity contribution in [1.29, 1.82) is 0 Å². The van der Waals surface area contributed by atoms with Crippen molar-refractivity contribution in [3.05, 3.63) is 0 Å². The molecule has 2 aliphatic heterocycles. The van der Waals surface area contributed by atoms with Gasteiger partial charge in [-0.2, -0.15) is 0 Å². The third-order valence-electron chi connectivity index (χ3n) is 18.4. The number of carbonyl (C=O) groups excluding carboxylic acids is 11. The average molecular weight is 1390 g/mol. The Morgan fingerprint density at radius 1 is 0.505 bits per heavy atom. The molecule has 2 heterocycles. The second kappa shape index (κ2) is 40.4. The monoisotopic (exact) mass is 1390 g/mol. The van der Waals surface area contributed by atoms with Crippen LogP contribution in [0.4, 0.5) is 0 Å². The predicted molar refractivity (Wildman–Crippen MR) is 375 cm³/mol. The first kappa shape index (κ1) is 87.3. The van der Waals surface area contributed by atoms with Gasteiger partial charge < -0.3 is 75.0 Å². The summed E-state index contributed by atoms with van der Waals surface area (Å²) >= 11 is 0. The lowest BCUT2D eigenvalue weighted by Gasteiger charge is -2.43. The number of morpholine rings is 1. The fraction of sp³-hybridized carbons (Fsp3) is 0.841. The van der Waals surface area contributed by atoms with Gasteiger partial charge in [0.05, 0.1) is 25.4 Å². The molecule has 11 amide bonds. The van der Waals surface area contributed by atoms with Crippen molar-refractivity contribution in [1.82, 2.24) is 60.9 Å². The van der Waals surface area contributed by atoms with Crippen molar-refractivity contribution in [2.24, 2.45) is 35.5 Å². The Labute approximate surface area is 581 Å². The lowest BCUT2D eigenvalue weighted by molar-refractivity contribution is -0.156. The second-order valence-corrected chi connectivity index (χ2v) is 34.5. The minimum Gasteiger partial charge on any atom is -0.412 e. The minimum atomic E-state index is -2.64. The van der Waals surface area contributed by atoms with Crippen LogP contribution in [0.1, 0.15) is 156 Å². The van der Waals surface area contributed by atoms with Gasteiger partial charge in [0.25, 0.3) is 0 Å². The largest absolute Gasteiger partial charge is 0.412 e. The molecule has 27 nitrogen and oxygen atoms in total. The fourth-order valence-corrected chi connectivity index (χ4v) is 13.6. The van der Waals surface area contributed by atoms with Crippen LogP contribution in [0.5, 0.6) is 0 Å². The summed E-state index contributed by atoms with van der Waals surface area (Å²) in [7, 11) is 5.94. The second-order valence-electron chi connectivity index (χ2n) is 30.0. The maximum Gasteiger partial charge on any atom is 0.246 e. The van der Waals surface area contributed by atoms with Gasteiger partial charge in [-0.15, -0.1) is 0 Å². The van der Waals surface area contributed by atoms with Crippen LogP contribution in [0.15, 0.2) is 0 Å². The normalized spacial score (nSPS) is 27.2. The van der Waals surface area contributed by atoms with Crippen molar-refractivity contribution >= 4 is 73.3 Å². The van der Waals surface area contributed by atoms with E-state index >= 15 is 24.0 Å². The summed E-state index contributed by atoms with van der Waals surface area (Å²) in [6.07, 6.45) is -0.116. The Bertz CT molecular complexity index is 2600. The quantitative estimate of drug-likeness (QED) is 0.0670. The van der Waals surface area contributed by atoms with Gasteiger partial charge in [0.15, 0.2) is 8.32 Å². The van der Waals surface area contributed by atoms with E-state index in [9.17, 15) is 33.9 Å². The van der Waals surface area contributed by atoms with Gasteiger partial charge in [0, 0.05) is 68.6 Å². The molecular weight excluding hydrogens is 1260 g/mol. The number of unbranched alkanes of at least 4 members (excludes halogenated alkanes) is 1. The van der Waals surface area contributed by atoms with Crippen LogP contribution in [0.25, 0.3) is 0 Å². The molecule has 14 atom stereocenters. The summed E-state index contributed by atoms with van der Waals surface area (Å²) in [6, 6.07) is -14.1. The van der Waals surface area contributed by atoms with E-state index in [1.165, 1.54) is 92.5 Å². The first-order valence-electron chi connectivity index (χ1n) is 35.3.